The molecular formula is C16H22N+. The third kappa shape index (κ3) is 1.41. The van der Waals surface area contributed by atoms with Crippen LogP contribution in [0, 0.1) is 17.3 Å². The number of hydrogen-bond acceptors (Lipinski definition) is 0. The van der Waals surface area contributed by atoms with Gasteiger partial charge in [0.2, 0.25) is 0 Å². The molecule has 4 aliphatic carbocycles. The average Bonchev–Trinajstić information content (AvgIpc) is 2.27. The molecular weight excluding hydrogens is 206 g/mol. The SMILES string of the molecule is CC12CC3CC(C1)CC([n+]1ccccc1)(C3)C2. The molecule has 0 aliphatic heterocycles. The van der Waals surface area contributed by atoms with E-state index in [2.05, 4.69) is 42.1 Å². The lowest BCUT2D eigenvalue weighted by atomic mass is 9.47. The molecule has 2 unspecified atom stereocenters. The molecule has 1 nitrogen and oxygen atoms in total. The summed E-state index contributed by atoms with van der Waals surface area (Å²) in [5, 5.41) is 0. The number of aromatic nitrogens is 1. The lowest BCUT2D eigenvalue weighted by Crippen LogP contribution is -2.66. The molecule has 1 heteroatoms. The third-order valence-corrected chi connectivity index (χ3v) is 5.59. The highest BCUT2D eigenvalue weighted by atomic mass is 15.1. The summed E-state index contributed by atoms with van der Waals surface area (Å²) < 4.78 is 2.54. The molecule has 0 spiro atoms. The van der Waals surface area contributed by atoms with E-state index in [0.29, 0.717) is 11.0 Å². The van der Waals surface area contributed by atoms with Crippen LogP contribution >= 0.6 is 0 Å². The molecule has 0 saturated heterocycles. The highest BCUT2D eigenvalue weighted by molar-refractivity contribution is 5.04. The zero-order chi connectivity index (χ0) is 11.5. The van der Waals surface area contributed by atoms with E-state index >= 15 is 0 Å². The quantitative estimate of drug-likeness (QED) is 0.649. The van der Waals surface area contributed by atoms with Gasteiger partial charge >= 0.3 is 0 Å². The minimum Gasteiger partial charge on any atom is -0.200 e. The molecule has 90 valence electrons. The Labute approximate surface area is 104 Å². The fraction of sp³-hybridized carbons (Fsp3) is 0.688. The Morgan fingerprint density at radius 1 is 0.941 bits per heavy atom. The van der Waals surface area contributed by atoms with Crippen molar-refractivity contribution in [2.24, 2.45) is 17.3 Å². The van der Waals surface area contributed by atoms with Crippen molar-refractivity contribution < 1.29 is 4.57 Å². The number of pyridine rings is 1. The van der Waals surface area contributed by atoms with Crippen LogP contribution in [0.5, 0.6) is 0 Å². The first-order valence-electron chi connectivity index (χ1n) is 7.14. The molecule has 0 amide bonds. The second kappa shape index (κ2) is 3.13. The van der Waals surface area contributed by atoms with E-state index in [0.717, 1.165) is 11.8 Å². The second-order valence-corrected chi connectivity index (χ2v) is 7.28. The van der Waals surface area contributed by atoms with E-state index < -0.39 is 0 Å². The predicted molar refractivity (Wildman–Crippen MR) is 67.4 cm³/mol. The summed E-state index contributed by atoms with van der Waals surface area (Å²) in [4.78, 5) is 0. The van der Waals surface area contributed by atoms with Crippen LogP contribution in [0.2, 0.25) is 0 Å². The molecule has 0 aromatic carbocycles. The molecule has 0 N–H and O–H groups in total. The van der Waals surface area contributed by atoms with E-state index in [4.69, 9.17) is 0 Å². The van der Waals surface area contributed by atoms with Gasteiger partial charge in [-0.25, -0.2) is 0 Å². The van der Waals surface area contributed by atoms with Gasteiger partial charge in [-0.05, 0) is 36.5 Å². The molecule has 4 aliphatic rings. The highest BCUT2D eigenvalue weighted by Gasteiger charge is 2.60. The van der Waals surface area contributed by atoms with Crippen LogP contribution in [-0.2, 0) is 5.54 Å². The van der Waals surface area contributed by atoms with Gasteiger partial charge in [-0.15, -0.1) is 0 Å². The van der Waals surface area contributed by atoms with E-state index in [1.807, 2.05) is 0 Å². The number of hydrogen-bond donors (Lipinski definition) is 0. The van der Waals surface area contributed by atoms with Gasteiger partial charge in [0, 0.05) is 31.4 Å². The summed E-state index contributed by atoms with van der Waals surface area (Å²) in [5.74, 6) is 2.02. The van der Waals surface area contributed by atoms with E-state index in [1.54, 1.807) is 0 Å². The first kappa shape index (κ1) is 10.1. The monoisotopic (exact) mass is 228 g/mol. The van der Waals surface area contributed by atoms with Gasteiger partial charge in [-0.1, -0.05) is 13.0 Å². The van der Waals surface area contributed by atoms with E-state index in [-0.39, 0.29) is 0 Å². The van der Waals surface area contributed by atoms with Gasteiger partial charge in [0.15, 0.2) is 17.9 Å². The second-order valence-electron chi connectivity index (χ2n) is 7.28. The highest BCUT2D eigenvalue weighted by Crippen LogP contribution is 2.62. The van der Waals surface area contributed by atoms with Crippen molar-refractivity contribution in [2.45, 2.75) is 51.0 Å². The molecule has 5 rings (SSSR count). The Kier molecular flexibility index (Phi) is 1.86. The summed E-state index contributed by atoms with van der Waals surface area (Å²) in [6.07, 6.45) is 13.4. The molecule has 17 heavy (non-hydrogen) atoms. The summed E-state index contributed by atoms with van der Waals surface area (Å²) in [6, 6.07) is 6.53. The van der Waals surface area contributed by atoms with Crippen LogP contribution in [0.15, 0.2) is 30.6 Å². The van der Waals surface area contributed by atoms with Crippen molar-refractivity contribution >= 4 is 0 Å². The number of nitrogens with zero attached hydrogens (tertiary/aromatic N) is 1. The smallest absolute Gasteiger partial charge is 0.169 e. The maximum Gasteiger partial charge on any atom is 0.169 e. The van der Waals surface area contributed by atoms with E-state index in [9.17, 15) is 0 Å². The van der Waals surface area contributed by atoms with E-state index in [1.165, 1.54) is 38.5 Å². The van der Waals surface area contributed by atoms with Crippen LogP contribution in [0.25, 0.3) is 0 Å². The molecule has 4 bridgehead atoms. The van der Waals surface area contributed by atoms with Crippen LogP contribution < -0.4 is 4.57 Å². The summed E-state index contributed by atoms with van der Waals surface area (Å²) >= 11 is 0. The standard InChI is InChI=1S/C16H22N/c1-15-8-13-7-14(9-15)11-16(10-13,12-15)17-5-3-2-4-6-17/h2-6,13-14H,7-12H2,1H3/q+1. The Balaban J connectivity index is 1.79. The predicted octanol–water partition coefficient (Wildman–Crippen LogP) is 3.29. The van der Waals surface area contributed by atoms with Crippen molar-refractivity contribution in [3.05, 3.63) is 30.6 Å². The zero-order valence-corrected chi connectivity index (χ0v) is 10.7. The van der Waals surface area contributed by atoms with Gasteiger partial charge in [0.1, 0.15) is 0 Å². The number of rotatable bonds is 1. The van der Waals surface area contributed by atoms with Crippen molar-refractivity contribution in [3.8, 4) is 0 Å². The van der Waals surface area contributed by atoms with Gasteiger partial charge in [0.25, 0.3) is 0 Å². The maximum absolute atomic E-state index is 2.54. The summed E-state index contributed by atoms with van der Waals surface area (Å²) in [7, 11) is 0. The Bertz CT molecular complexity index is 422. The topological polar surface area (TPSA) is 3.88 Å². The summed E-state index contributed by atoms with van der Waals surface area (Å²) in [5.41, 5.74) is 1.12. The van der Waals surface area contributed by atoms with Crippen molar-refractivity contribution in [3.63, 3.8) is 0 Å². The lowest BCUT2D eigenvalue weighted by Gasteiger charge is -2.58. The Morgan fingerprint density at radius 2 is 1.59 bits per heavy atom. The molecule has 0 radical (unpaired) electrons. The largest absolute Gasteiger partial charge is 0.200 e. The normalized spacial score (nSPS) is 47.4. The fourth-order valence-electron chi connectivity index (χ4n) is 5.68. The average molecular weight is 228 g/mol. The molecule has 1 aromatic rings. The van der Waals surface area contributed by atoms with Gasteiger partial charge < -0.3 is 0 Å². The lowest BCUT2D eigenvalue weighted by molar-refractivity contribution is -0.778. The van der Waals surface area contributed by atoms with Crippen LogP contribution in [0.4, 0.5) is 0 Å². The van der Waals surface area contributed by atoms with Gasteiger partial charge in [-0.2, -0.15) is 4.57 Å². The molecule has 2 atom stereocenters. The Morgan fingerprint density at radius 3 is 2.18 bits per heavy atom. The summed E-state index contributed by atoms with van der Waals surface area (Å²) in [6.45, 7) is 2.54. The maximum atomic E-state index is 2.54. The first-order valence-corrected chi connectivity index (χ1v) is 7.14. The van der Waals surface area contributed by atoms with Crippen molar-refractivity contribution in [1.82, 2.24) is 0 Å². The minimum absolute atomic E-state index is 0.472. The van der Waals surface area contributed by atoms with Crippen molar-refractivity contribution in [1.29, 1.82) is 0 Å². The molecule has 1 heterocycles. The van der Waals surface area contributed by atoms with Gasteiger partial charge in [-0.3, -0.25) is 0 Å². The molecule has 4 fully saturated rings. The first-order chi connectivity index (χ1) is 8.18. The van der Waals surface area contributed by atoms with Crippen LogP contribution in [-0.4, -0.2) is 0 Å². The van der Waals surface area contributed by atoms with Crippen LogP contribution in [0.3, 0.4) is 0 Å². The minimum atomic E-state index is 0.472. The molecule has 1 aromatic heterocycles. The third-order valence-electron chi connectivity index (χ3n) is 5.59. The Hall–Kier alpha value is -0.850. The van der Waals surface area contributed by atoms with Crippen molar-refractivity contribution in [2.75, 3.05) is 0 Å². The van der Waals surface area contributed by atoms with Crippen LogP contribution in [0.1, 0.15) is 45.4 Å². The zero-order valence-electron chi connectivity index (χ0n) is 10.7. The van der Waals surface area contributed by atoms with Gasteiger partial charge in [0.05, 0.1) is 0 Å². The fourth-order valence-corrected chi connectivity index (χ4v) is 5.68. The molecule has 4 saturated carbocycles.